The maximum Gasteiger partial charge on any atom is 0.330 e. The van der Waals surface area contributed by atoms with E-state index in [0.29, 0.717) is 10.9 Å². The van der Waals surface area contributed by atoms with Crippen molar-refractivity contribution >= 4 is 23.6 Å². The fraction of sp³-hybridized carbons (Fsp3) is 0.176. The fourth-order valence-corrected chi connectivity index (χ4v) is 2.18. The van der Waals surface area contributed by atoms with Crippen molar-refractivity contribution in [2.75, 3.05) is 14.2 Å². The lowest BCUT2D eigenvalue weighted by atomic mass is 9.99. The maximum atomic E-state index is 11.3. The Morgan fingerprint density at radius 1 is 1.23 bits per heavy atom. The average molecular weight is 318 g/mol. The molecular formula is C17H16ClNO3. The van der Waals surface area contributed by atoms with Gasteiger partial charge in [-0.1, -0.05) is 23.7 Å². The summed E-state index contributed by atoms with van der Waals surface area (Å²) < 4.78 is 9.86. The molecule has 1 heterocycles. The third-order valence-corrected chi connectivity index (χ3v) is 3.43. The van der Waals surface area contributed by atoms with Gasteiger partial charge in [-0.3, -0.25) is 0 Å². The van der Waals surface area contributed by atoms with Crippen molar-refractivity contribution in [1.82, 2.24) is 4.98 Å². The maximum absolute atomic E-state index is 11.3. The smallest absolute Gasteiger partial charge is 0.330 e. The SMILES string of the molecule is COC(=O)/C=C\c1c(-c2ccc(Cl)cc2)cc(OC)nc1C. The van der Waals surface area contributed by atoms with E-state index in [-0.39, 0.29) is 0 Å². The van der Waals surface area contributed by atoms with Gasteiger partial charge in [0, 0.05) is 28.4 Å². The predicted octanol–water partition coefficient (Wildman–Crippen LogP) is 3.91. The number of hydrogen-bond donors (Lipinski definition) is 0. The van der Waals surface area contributed by atoms with E-state index >= 15 is 0 Å². The molecule has 0 atom stereocenters. The van der Waals surface area contributed by atoms with Crippen molar-refractivity contribution in [3.63, 3.8) is 0 Å². The lowest BCUT2D eigenvalue weighted by Crippen LogP contribution is -1.98. The summed E-state index contributed by atoms with van der Waals surface area (Å²) in [6, 6.07) is 9.27. The molecule has 0 unspecified atom stereocenters. The normalized spacial score (nSPS) is 10.7. The molecule has 22 heavy (non-hydrogen) atoms. The summed E-state index contributed by atoms with van der Waals surface area (Å²) in [4.78, 5) is 15.7. The molecule has 0 bridgehead atoms. The molecule has 0 amide bonds. The van der Waals surface area contributed by atoms with Crippen LogP contribution in [-0.4, -0.2) is 25.2 Å². The van der Waals surface area contributed by atoms with Crippen LogP contribution in [0.2, 0.25) is 5.02 Å². The van der Waals surface area contributed by atoms with E-state index in [9.17, 15) is 4.79 Å². The molecule has 114 valence electrons. The molecule has 0 spiro atoms. The van der Waals surface area contributed by atoms with Crippen LogP contribution >= 0.6 is 11.6 Å². The Labute approximate surface area is 134 Å². The minimum absolute atomic E-state index is 0.419. The first kappa shape index (κ1) is 16.0. The number of esters is 1. The van der Waals surface area contributed by atoms with Crippen molar-refractivity contribution < 1.29 is 14.3 Å². The first-order chi connectivity index (χ1) is 10.5. The Bertz CT molecular complexity index is 709. The van der Waals surface area contributed by atoms with Crippen LogP contribution in [0, 0.1) is 6.92 Å². The van der Waals surface area contributed by atoms with Gasteiger partial charge in [-0.2, -0.15) is 0 Å². The average Bonchev–Trinajstić information content (AvgIpc) is 2.53. The van der Waals surface area contributed by atoms with E-state index in [0.717, 1.165) is 22.4 Å². The number of nitrogens with zero attached hydrogens (tertiary/aromatic N) is 1. The molecule has 2 rings (SSSR count). The van der Waals surface area contributed by atoms with Crippen LogP contribution in [0.1, 0.15) is 11.3 Å². The van der Waals surface area contributed by atoms with Crippen LogP contribution in [0.25, 0.3) is 17.2 Å². The van der Waals surface area contributed by atoms with Crippen LogP contribution in [0.5, 0.6) is 5.88 Å². The Balaban J connectivity index is 2.58. The van der Waals surface area contributed by atoms with Crippen LogP contribution in [0.4, 0.5) is 0 Å². The third-order valence-electron chi connectivity index (χ3n) is 3.18. The quantitative estimate of drug-likeness (QED) is 0.633. The number of carbonyl (C=O) groups excluding carboxylic acids is 1. The summed E-state index contributed by atoms with van der Waals surface area (Å²) in [5, 5.41) is 0.660. The van der Waals surface area contributed by atoms with Crippen LogP contribution in [0.15, 0.2) is 36.4 Å². The van der Waals surface area contributed by atoms with Crippen LogP contribution in [-0.2, 0) is 9.53 Å². The molecule has 2 aromatic rings. The minimum atomic E-state index is -0.419. The van der Waals surface area contributed by atoms with E-state index in [1.807, 2.05) is 37.3 Å². The summed E-state index contributed by atoms with van der Waals surface area (Å²) in [6.07, 6.45) is 3.06. The molecule has 0 aliphatic rings. The van der Waals surface area contributed by atoms with Crippen molar-refractivity contribution in [2.24, 2.45) is 0 Å². The van der Waals surface area contributed by atoms with E-state index in [2.05, 4.69) is 9.72 Å². The van der Waals surface area contributed by atoms with Gasteiger partial charge in [-0.25, -0.2) is 9.78 Å². The van der Waals surface area contributed by atoms with Gasteiger partial charge >= 0.3 is 5.97 Å². The van der Waals surface area contributed by atoms with Gasteiger partial charge in [0.1, 0.15) is 0 Å². The second kappa shape index (κ2) is 7.09. The lowest BCUT2D eigenvalue weighted by Gasteiger charge is -2.11. The number of aromatic nitrogens is 1. The highest BCUT2D eigenvalue weighted by Gasteiger charge is 2.11. The van der Waals surface area contributed by atoms with Gasteiger partial charge in [0.25, 0.3) is 0 Å². The molecule has 0 saturated heterocycles. The molecule has 0 aliphatic carbocycles. The third kappa shape index (κ3) is 3.65. The zero-order chi connectivity index (χ0) is 16.1. The van der Waals surface area contributed by atoms with Gasteiger partial charge in [-0.05, 0) is 36.3 Å². The first-order valence-electron chi connectivity index (χ1n) is 6.62. The van der Waals surface area contributed by atoms with Crippen molar-refractivity contribution in [1.29, 1.82) is 0 Å². The molecule has 0 fully saturated rings. The van der Waals surface area contributed by atoms with Crippen molar-refractivity contribution in [3.05, 3.63) is 52.7 Å². The summed E-state index contributed by atoms with van der Waals surface area (Å²) in [7, 11) is 2.91. The number of halogens is 1. The fourth-order valence-electron chi connectivity index (χ4n) is 2.06. The molecule has 1 aromatic carbocycles. The highest BCUT2D eigenvalue weighted by Crippen LogP contribution is 2.30. The van der Waals surface area contributed by atoms with Gasteiger partial charge in [0.15, 0.2) is 0 Å². The molecule has 0 N–H and O–H groups in total. The van der Waals surface area contributed by atoms with Crippen molar-refractivity contribution in [3.8, 4) is 17.0 Å². The number of carbonyl (C=O) groups is 1. The highest BCUT2D eigenvalue weighted by atomic mass is 35.5. The van der Waals surface area contributed by atoms with E-state index < -0.39 is 5.97 Å². The van der Waals surface area contributed by atoms with Gasteiger partial charge in [-0.15, -0.1) is 0 Å². The number of rotatable bonds is 4. The van der Waals surface area contributed by atoms with E-state index in [1.54, 1.807) is 13.2 Å². The van der Waals surface area contributed by atoms with E-state index in [4.69, 9.17) is 16.3 Å². The number of benzene rings is 1. The molecule has 0 aliphatic heterocycles. The first-order valence-corrected chi connectivity index (χ1v) is 7.00. The monoisotopic (exact) mass is 317 g/mol. The minimum Gasteiger partial charge on any atom is -0.481 e. The standard InChI is InChI=1S/C17H16ClNO3/c1-11-14(8-9-17(20)22-3)15(10-16(19-11)21-2)12-4-6-13(18)7-5-12/h4-10H,1-3H3/b9-8-. The number of ether oxygens (including phenoxy) is 2. The summed E-state index contributed by atoms with van der Waals surface area (Å²) >= 11 is 5.94. The van der Waals surface area contributed by atoms with Crippen LogP contribution in [0.3, 0.4) is 0 Å². The Morgan fingerprint density at radius 3 is 2.50 bits per heavy atom. The lowest BCUT2D eigenvalue weighted by molar-refractivity contribution is -0.134. The number of pyridine rings is 1. The molecule has 1 aromatic heterocycles. The Morgan fingerprint density at radius 2 is 1.91 bits per heavy atom. The van der Waals surface area contributed by atoms with Gasteiger partial charge in [0.2, 0.25) is 5.88 Å². The predicted molar refractivity (Wildman–Crippen MR) is 87.0 cm³/mol. The molecule has 4 nitrogen and oxygen atoms in total. The molecule has 0 saturated carbocycles. The highest BCUT2D eigenvalue weighted by molar-refractivity contribution is 6.30. The molecular weight excluding hydrogens is 302 g/mol. The van der Waals surface area contributed by atoms with E-state index in [1.165, 1.54) is 13.2 Å². The summed E-state index contributed by atoms with van der Waals surface area (Å²) in [5.41, 5.74) is 3.44. The number of aryl methyl sites for hydroxylation is 1. The zero-order valence-electron chi connectivity index (χ0n) is 12.6. The van der Waals surface area contributed by atoms with Crippen LogP contribution < -0.4 is 4.74 Å². The number of methoxy groups -OCH3 is 2. The second-order valence-corrected chi connectivity index (χ2v) is 5.01. The van der Waals surface area contributed by atoms with Gasteiger partial charge in [0.05, 0.1) is 14.2 Å². The Kier molecular flexibility index (Phi) is 5.17. The molecule has 5 heteroatoms. The summed E-state index contributed by atoms with van der Waals surface area (Å²) in [5.74, 6) is 0.0925. The van der Waals surface area contributed by atoms with Crippen molar-refractivity contribution in [2.45, 2.75) is 6.92 Å². The summed E-state index contributed by atoms with van der Waals surface area (Å²) in [6.45, 7) is 1.86. The largest absolute Gasteiger partial charge is 0.481 e. The van der Waals surface area contributed by atoms with Gasteiger partial charge < -0.3 is 9.47 Å². The molecule has 0 radical (unpaired) electrons. The topological polar surface area (TPSA) is 48.4 Å². The number of hydrogen-bond acceptors (Lipinski definition) is 4. The zero-order valence-corrected chi connectivity index (χ0v) is 13.3. The second-order valence-electron chi connectivity index (χ2n) is 4.57. The Hall–Kier alpha value is -2.33.